The summed E-state index contributed by atoms with van der Waals surface area (Å²) < 4.78 is 0. The van der Waals surface area contributed by atoms with E-state index in [-0.39, 0.29) is 35.2 Å². The van der Waals surface area contributed by atoms with Gasteiger partial charge in [-0.05, 0) is 62.1 Å². The molecule has 2 fully saturated rings. The lowest BCUT2D eigenvalue weighted by Crippen LogP contribution is -2.42. The van der Waals surface area contributed by atoms with Crippen molar-refractivity contribution >= 4 is 11.7 Å². The number of amides is 1. The van der Waals surface area contributed by atoms with E-state index in [1.807, 2.05) is 73.4 Å². The molecule has 34 heavy (non-hydrogen) atoms. The smallest absolute Gasteiger partial charge is 0.249 e. The lowest BCUT2D eigenvalue weighted by atomic mass is 9.81. The molecular weight excluding hydrogens is 426 g/mol. The van der Waals surface area contributed by atoms with E-state index in [4.69, 9.17) is 0 Å². The first-order chi connectivity index (χ1) is 16.4. The maximum absolute atomic E-state index is 13.1. The summed E-state index contributed by atoms with van der Waals surface area (Å²) in [6.07, 6.45) is 6.84. The average molecular weight is 460 g/mol. The van der Waals surface area contributed by atoms with Gasteiger partial charge < -0.3 is 15.1 Å². The highest BCUT2D eigenvalue weighted by Gasteiger charge is 2.45. The number of aliphatic hydroxyl groups is 1. The van der Waals surface area contributed by atoms with Gasteiger partial charge in [-0.3, -0.25) is 9.59 Å². The third kappa shape index (κ3) is 4.85. The van der Waals surface area contributed by atoms with Crippen LogP contribution in [0.5, 0.6) is 5.75 Å². The Kier molecular flexibility index (Phi) is 7.32. The normalized spacial score (nSPS) is 24.2. The van der Waals surface area contributed by atoms with Crippen LogP contribution in [-0.4, -0.2) is 46.0 Å². The number of likely N-dealkylation sites (tertiary alicyclic amines) is 1. The molecule has 1 amide bonds. The van der Waals surface area contributed by atoms with Crippen molar-refractivity contribution < 1.29 is 19.8 Å². The summed E-state index contributed by atoms with van der Waals surface area (Å²) in [5.74, 6) is -0.0946. The quantitative estimate of drug-likeness (QED) is 0.495. The van der Waals surface area contributed by atoms with E-state index in [9.17, 15) is 19.8 Å². The van der Waals surface area contributed by atoms with Crippen LogP contribution in [0.15, 0.2) is 72.3 Å². The van der Waals surface area contributed by atoms with E-state index in [1.165, 1.54) is 0 Å². The van der Waals surface area contributed by atoms with Crippen molar-refractivity contribution in [2.24, 2.45) is 11.8 Å². The second kappa shape index (κ2) is 10.4. The zero-order chi connectivity index (χ0) is 24.2. The van der Waals surface area contributed by atoms with Crippen molar-refractivity contribution in [1.29, 1.82) is 0 Å². The number of allylic oxidation sites excluding steroid dienone is 3. The molecule has 4 rings (SSSR count). The highest BCUT2D eigenvalue weighted by Crippen LogP contribution is 2.43. The molecule has 2 aromatic carbocycles. The Morgan fingerprint density at radius 2 is 1.82 bits per heavy atom. The van der Waals surface area contributed by atoms with Gasteiger partial charge in [-0.1, -0.05) is 60.7 Å². The lowest BCUT2D eigenvalue weighted by Gasteiger charge is -2.35. The molecule has 1 aliphatic carbocycles. The average Bonchev–Trinajstić information content (AvgIpc) is 3.16. The third-order valence-corrected chi connectivity index (χ3v) is 7.36. The van der Waals surface area contributed by atoms with Gasteiger partial charge >= 0.3 is 0 Å². The van der Waals surface area contributed by atoms with Gasteiger partial charge in [0, 0.05) is 30.1 Å². The van der Waals surface area contributed by atoms with Crippen LogP contribution < -0.4 is 0 Å². The number of phenolic OH excluding ortho intramolecular Hbond substituents is 1. The molecule has 3 atom stereocenters. The van der Waals surface area contributed by atoms with Crippen molar-refractivity contribution in [3.05, 3.63) is 77.9 Å². The van der Waals surface area contributed by atoms with Crippen LogP contribution in [0, 0.1) is 11.8 Å². The molecule has 1 saturated carbocycles. The molecule has 0 radical (unpaired) electrons. The predicted octanol–water partition coefficient (Wildman–Crippen LogP) is 4.85. The van der Waals surface area contributed by atoms with Crippen LogP contribution in [-0.2, 0) is 9.59 Å². The van der Waals surface area contributed by atoms with Crippen molar-refractivity contribution in [2.75, 3.05) is 13.1 Å². The molecule has 1 saturated heterocycles. The first-order valence-electron chi connectivity index (χ1n) is 12.1. The van der Waals surface area contributed by atoms with Gasteiger partial charge in [-0.15, -0.1) is 0 Å². The fourth-order valence-electron chi connectivity index (χ4n) is 5.42. The van der Waals surface area contributed by atoms with Gasteiger partial charge in [0.25, 0.3) is 0 Å². The molecular formula is C29H33NO4. The largest absolute Gasteiger partial charge is 0.507 e. The number of aliphatic hydroxyl groups excluding tert-OH is 1. The van der Waals surface area contributed by atoms with Gasteiger partial charge in [0.05, 0.1) is 0 Å². The Bertz CT molecular complexity index is 1110. The van der Waals surface area contributed by atoms with Gasteiger partial charge in [0.2, 0.25) is 5.91 Å². The fraction of sp³-hybridized carbons (Fsp3) is 0.379. The maximum Gasteiger partial charge on any atom is 0.249 e. The number of rotatable bonds is 5. The van der Waals surface area contributed by atoms with Crippen LogP contribution >= 0.6 is 0 Å². The number of Topliss-reactive ketones (excluding diaryl/α,β-unsaturated/α-hetero) is 1. The van der Waals surface area contributed by atoms with Crippen molar-refractivity contribution in [3.63, 3.8) is 0 Å². The predicted molar refractivity (Wildman–Crippen MR) is 133 cm³/mol. The fourth-order valence-corrected chi connectivity index (χ4v) is 5.42. The maximum atomic E-state index is 13.1. The first-order valence-corrected chi connectivity index (χ1v) is 12.1. The molecule has 2 aromatic rings. The molecule has 0 aromatic heterocycles. The monoisotopic (exact) mass is 459 g/mol. The number of ketones is 1. The van der Waals surface area contributed by atoms with E-state index < -0.39 is 6.10 Å². The summed E-state index contributed by atoms with van der Waals surface area (Å²) in [5.41, 5.74) is 3.18. The Labute approximate surface area is 201 Å². The second-order valence-corrected chi connectivity index (χ2v) is 9.45. The summed E-state index contributed by atoms with van der Waals surface area (Å²) in [6.45, 7) is 5.05. The molecule has 3 unspecified atom stereocenters. The van der Waals surface area contributed by atoms with Gasteiger partial charge in [-0.2, -0.15) is 0 Å². The standard InChI is InChI=1S/C29H33NO4/c1-3-4-8-19(2)29(34)30-15-13-20(14-16-30)24-18-25(28(33)27(24)32)22-10-7-9-21(17-22)23-11-5-6-12-26(23)31/h3-12,17,20,24-25,27,31-32H,13-16,18H2,1-2H3. The molecule has 0 bridgehead atoms. The number of carbonyl (C=O) groups is 2. The number of hydrogen-bond acceptors (Lipinski definition) is 4. The minimum Gasteiger partial charge on any atom is -0.507 e. The molecule has 2 aliphatic rings. The van der Waals surface area contributed by atoms with E-state index in [0.29, 0.717) is 19.5 Å². The highest BCUT2D eigenvalue weighted by atomic mass is 16.3. The summed E-state index contributed by atoms with van der Waals surface area (Å²) in [4.78, 5) is 27.6. The molecule has 0 spiro atoms. The summed E-state index contributed by atoms with van der Waals surface area (Å²) >= 11 is 0. The minimum atomic E-state index is -0.970. The number of phenols is 1. The van der Waals surface area contributed by atoms with Crippen LogP contribution in [0.25, 0.3) is 11.1 Å². The van der Waals surface area contributed by atoms with E-state index in [2.05, 4.69) is 0 Å². The molecule has 5 heteroatoms. The Hall–Kier alpha value is -3.18. The molecule has 178 valence electrons. The topological polar surface area (TPSA) is 77.8 Å². The molecule has 2 N–H and O–H groups in total. The number of hydrogen-bond donors (Lipinski definition) is 2. The third-order valence-electron chi connectivity index (χ3n) is 7.36. The summed E-state index contributed by atoms with van der Waals surface area (Å²) in [5, 5.41) is 21.1. The summed E-state index contributed by atoms with van der Waals surface area (Å²) in [6, 6.07) is 14.9. The Morgan fingerprint density at radius 1 is 1.09 bits per heavy atom. The Balaban J connectivity index is 1.45. The number of aromatic hydroxyl groups is 1. The summed E-state index contributed by atoms with van der Waals surface area (Å²) in [7, 11) is 0. The van der Waals surface area contributed by atoms with Gasteiger partial charge in [0.1, 0.15) is 11.9 Å². The number of nitrogens with zero attached hydrogens (tertiary/aromatic N) is 1. The van der Waals surface area contributed by atoms with Gasteiger partial charge in [-0.25, -0.2) is 0 Å². The molecule has 1 heterocycles. The van der Waals surface area contributed by atoms with E-state index in [1.54, 1.807) is 12.1 Å². The van der Waals surface area contributed by atoms with Crippen molar-refractivity contribution in [1.82, 2.24) is 4.90 Å². The molecule has 1 aliphatic heterocycles. The van der Waals surface area contributed by atoms with E-state index >= 15 is 0 Å². The zero-order valence-electron chi connectivity index (χ0n) is 19.9. The SMILES string of the molecule is CC=CC=C(C)C(=O)N1CCC(C2CC(c3cccc(-c4ccccc4O)c3)C(=O)C2O)CC1. The van der Waals surface area contributed by atoms with Crippen molar-refractivity contribution in [3.8, 4) is 16.9 Å². The van der Waals surface area contributed by atoms with Gasteiger partial charge in [0.15, 0.2) is 5.78 Å². The number of para-hydroxylation sites is 1. The van der Waals surface area contributed by atoms with Crippen LogP contribution in [0.1, 0.15) is 44.6 Å². The minimum absolute atomic E-state index is 0.0541. The Morgan fingerprint density at radius 3 is 2.53 bits per heavy atom. The highest BCUT2D eigenvalue weighted by molar-refractivity contribution is 5.93. The van der Waals surface area contributed by atoms with Crippen molar-refractivity contribution in [2.45, 2.75) is 45.1 Å². The lowest BCUT2D eigenvalue weighted by molar-refractivity contribution is -0.130. The van der Waals surface area contributed by atoms with E-state index in [0.717, 1.165) is 35.1 Å². The second-order valence-electron chi connectivity index (χ2n) is 9.45. The number of piperidine rings is 1. The zero-order valence-corrected chi connectivity index (χ0v) is 19.9. The molecule has 5 nitrogen and oxygen atoms in total. The number of carbonyl (C=O) groups excluding carboxylic acids is 2. The first kappa shape index (κ1) is 24.0. The van der Waals surface area contributed by atoms with Crippen LogP contribution in [0.4, 0.5) is 0 Å². The van der Waals surface area contributed by atoms with Crippen LogP contribution in [0.2, 0.25) is 0 Å². The van der Waals surface area contributed by atoms with Crippen LogP contribution in [0.3, 0.4) is 0 Å². The number of benzene rings is 2.